The molecule has 0 fully saturated rings. The van der Waals surface area contributed by atoms with E-state index < -0.39 is 0 Å². The molecule has 12 rings (SSSR count). The second-order valence-corrected chi connectivity index (χ2v) is 18.4. The molecular weight excluding hydrogens is 847 g/mol. The van der Waals surface area contributed by atoms with Gasteiger partial charge in [-0.1, -0.05) is 200 Å². The molecule has 0 saturated carbocycles. The van der Waals surface area contributed by atoms with E-state index in [1.165, 1.54) is 55.2 Å². The molecule has 334 valence electrons. The van der Waals surface area contributed by atoms with Gasteiger partial charge in [-0.05, 0) is 137 Å². The topological polar surface area (TPSA) is 11.4 Å². The first-order valence-corrected chi connectivity index (χ1v) is 24.2. The highest BCUT2D eigenvalue weighted by Gasteiger charge is 2.28. The molecular formula is C67H51N3. The van der Waals surface area contributed by atoms with Crippen LogP contribution in [0.4, 0.5) is 34.1 Å². The largest absolute Gasteiger partial charge is 0.331 e. The number of benzene rings is 10. The zero-order chi connectivity index (χ0) is 46.9. The Hall–Kier alpha value is -8.92. The zero-order valence-electron chi connectivity index (χ0n) is 39.1. The smallest absolute Gasteiger partial charge is 0.0643 e. The van der Waals surface area contributed by atoms with E-state index in [0.717, 1.165) is 51.7 Å². The van der Waals surface area contributed by atoms with Crippen molar-refractivity contribution in [3.63, 3.8) is 0 Å². The van der Waals surface area contributed by atoms with Crippen molar-refractivity contribution in [3.8, 4) is 44.5 Å². The van der Waals surface area contributed by atoms with Gasteiger partial charge in [-0.2, -0.15) is 0 Å². The SMILES string of the molecule is CC1(n2c3ccccc3c3ccc(N(c4ccc(-c5ccccc5)cc4)c4ccc(-c5ccc(N(c6ccc(-c7ccccc7)cc6)c6ccc(-c7ccccc7)cc6)cc5)cc4)cc32)C=CC=CC1. The summed E-state index contributed by atoms with van der Waals surface area (Å²) in [4.78, 5) is 4.74. The Kier molecular flexibility index (Phi) is 11.1. The number of nitrogens with zero attached hydrogens (tertiary/aromatic N) is 3. The lowest BCUT2D eigenvalue weighted by atomic mass is 9.92. The summed E-state index contributed by atoms with van der Waals surface area (Å²) in [6.45, 7) is 2.35. The van der Waals surface area contributed by atoms with E-state index in [2.05, 4.69) is 300 Å². The van der Waals surface area contributed by atoms with Crippen LogP contribution in [0.15, 0.2) is 279 Å². The molecule has 0 N–H and O–H groups in total. The summed E-state index contributed by atoms with van der Waals surface area (Å²) in [5, 5.41) is 2.53. The number of para-hydroxylation sites is 1. The van der Waals surface area contributed by atoms with Crippen molar-refractivity contribution in [2.45, 2.75) is 18.9 Å². The van der Waals surface area contributed by atoms with E-state index in [1.807, 2.05) is 0 Å². The predicted molar refractivity (Wildman–Crippen MR) is 297 cm³/mol. The van der Waals surface area contributed by atoms with Crippen molar-refractivity contribution in [1.29, 1.82) is 0 Å². The normalized spacial score (nSPS) is 14.2. The molecule has 1 unspecified atom stereocenters. The number of hydrogen-bond acceptors (Lipinski definition) is 2. The van der Waals surface area contributed by atoms with E-state index in [4.69, 9.17) is 0 Å². The molecule has 0 radical (unpaired) electrons. The van der Waals surface area contributed by atoms with Crippen LogP contribution >= 0.6 is 0 Å². The summed E-state index contributed by atoms with van der Waals surface area (Å²) in [6, 6.07) is 92.3. The number of anilines is 6. The fourth-order valence-electron chi connectivity index (χ4n) is 10.3. The van der Waals surface area contributed by atoms with Crippen molar-refractivity contribution >= 4 is 55.9 Å². The average Bonchev–Trinajstić information content (AvgIpc) is 3.78. The number of allylic oxidation sites excluding steroid dienone is 4. The molecule has 3 nitrogen and oxygen atoms in total. The van der Waals surface area contributed by atoms with Crippen LogP contribution in [-0.4, -0.2) is 4.57 Å². The van der Waals surface area contributed by atoms with Crippen molar-refractivity contribution in [2.75, 3.05) is 9.80 Å². The molecule has 1 aromatic heterocycles. The Labute approximate surface area is 410 Å². The van der Waals surface area contributed by atoms with Gasteiger partial charge in [0.2, 0.25) is 0 Å². The lowest BCUT2D eigenvalue weighted by Crippen LogP contribution is -2.27. The molecule has 1 atom stereocenters. The van der Waals surface area contributed by atoms with E-state index in [9.17, 15) is 0 Å². The molecule has 1 heterocycles. The first-order valence-electron chi connectivity index (χ1n) is 24.2. The van der Waals surface area contributed by atoms with Crippen LogP contribution < -0.4 is 9.80 Å². The van der Waals surface area contributed by atoms with Crippen molar-refractivity contribution in [3.05, 3.63) is 279 Å². The van der Waals surface area contributed by atoms with Crippen LogP contribution in [-0.2, 0) is 5.54 Å². The highest BCUT2D eigenvalue weighted by molar-refractivity contribution is 6.09. The quantitative estimate of drug-likeness (QED) is 0.128. The van der Waals surface area contributed by atoms with Crippen LogP contribution in [0.5, 0.6) is 0 Å². The minimum atomic E-state index is -0.203. The maximum atomic E-state index is 2.55. The molecule has 1 aliphatic rings. The van der Waals surface area contributed by atoms with Crippen molar-refractivity contribution < 1.29 is 0 Å². The summed E-state index contributed by atoms with van der Waals surface area (Å²) in [5.74, 6) is 0. The van der Waals surface area contributed by atoms with Gasteiger partial charge >= 0.3 is 0 Å². The lowest BCUT2D eigenvalue weighted by molar-refractivity contribution is 0.437. The predicted octanol–water partition coefficient (Wildman–Crippen LogP) is 18.6. The van der Waals surface area contributed by atoms with Gasteiger partial charge in [-0.25, -0.2) is 0 Å². The van der Waals surface area contributed by atoms with Crippen molar-refractivity contribution in [1.82, 2.24) is 4.57 Å². The van der Waals surface area contributed by atoms with E-state index in [1.54, 1.807) is 0 Å². The first-order chi connectivity index (χ1) is 34.6. The third kappa shape index (κ3) is 8.08. The Morgan fingerprint density at radius 3 is 1.03 bits per heavy atom. The molecule has 0 saturated heterocycles. The summed E-state index contributed by atoms with van der Waals surface area (Å²) >= 11 is 0. The average molecular weight is 898 g/mol. The van der Waals surface area contributed by atoms with Crippen LogP contribution in [0.1, 0.15) is 13.3 Å². The molecule has 0 amide bonds. The van der Waals surface area contributed by atoms with Gasteiger partial charge in [0.1, 0.15) is 0 Å². The standard InChI is InChI=1S/C67H51N3/c1-67(46-14-5-15-47-67)70-65-23-13-12-22-63(65)64-45-44-62(48-66(64)70)69(60-40-28-54(29-41-60)51-20-10-4-11-21-51)61-42-32-56(33-43-61)55-30-38-59(39-31-55)68(57-34-24-52(25-35-57)49-16-6-2-7-17-49)58-36-26-53(27-37-58)50-18-8-3-9-19-50/h2-46,48H,47H2,1H3. The molecule has 0 spiro atoms. The van der Waals surface area contributed by atoms with Gasteiger partial charge in [-0.3, -0.25) is 0 Å². The molecule has 11 aromatic rings. The van der Waals surface area contributed by atoms with Gasteiger partial charge in [0.15, 0.2) is 0 Å². The van der Waals surface area contributed by atoms with Gasteiger partial charge < -0.3 is 14.4 Å². The summed E-state index contributed by atoms with van der Waals surface area (Å²) in [7, 11) is 0. The molecule has 70 heavy (non-hydrogen) atoms. The minimum absolute atomic E-state index is 0.203. The molecule has 3 heteroatoms. The Bertz CT molecular complexity index is 3550. The van der Waals surface area contributed by atoms with E-state index in [-0.39, 0.29) is 5.54 Å². The first kappa shape index (κ1) is 42.4. The maximum Gasteiger partial charge on any atom is 0.0643 e. The fourth-order valence-corrected chi connectivity index (χ4v) is 10.3. The Morgan fingerprint density at radius 1 is 0.314 bits per heavy atom. The minimum Gasteiger partial charge on any atom is -0.331 e. The van der Waals surface area contributed by atoms with Crippen LogP contribution in [0.3, 0.4) is 0 Å². The summed E-state index contributed by atoms with van der Waals surface area (Å²) < 4.78 is 2.55. The second-order valence-electron chi connectivity index (χ2n) is 18.4. The van der Waals surface area contributed by atoms with Gasteiger partial charge in [-0.15, -0.1) is 0 Å². The summed E-state index contributed by atoms with van der Waals surface area (Å²) in [5.41, 5.74) is 18.3. The van der Waals surface area contributed by atoms with E-state index >= 15 is 0 Å². The number of fused-ring (bicyclic) bond motifs is 3. The monoisotopic (exact) mass is 897 g/mol. The molecule has 0 bridgehead atoms. The van der Waals surface area contributed by atoms with Gasteiger partial charge in [0.25, 0.3) is 0 Å². The molecule has 10 aromatic carbocycles. The fraction of sp³-hybridized carbons (Fsp3) is 0.0448. The summed E-state index contributed by atoms with van der Waals surface area (Å²) in [6.07, 6.45) is 9.91. The number of hydrogen-bond donors (Lipinski definition) is 0. The van der Waals surface area contributed by atoms with Gasteiger partial charge in [0, 0.05) is 50.4 Å². The Balaban J connectivity index is 0.906. The van der Waals surface area contributed by atoms with Gasteiger partial charge in [0.05, 0.1) is 11.1 Å². The maximum absolute atomic E-state index is 2.55. The van der Waals surface area contributed by atoms with Crippen molar-refractivity contribution in [2.24, 2.45) is 0 Å². The van der Waals surface area contributed by atoms with Crippen LogP contribution in [0.2, 0.25) is 0 Å². The van der Waals surface area contributed by atoms with Crippen LogP contribution in [0, 0.1) is 0 Å². The lowest BCUT2D eigenvalue weighted by Gasteiger charge is -2.31. The number of aromatic nitrogens is 1. The third-order valence-corrected chi connectivity index (χ3v) is 13.9. The molecule has 1 aliphatic carbocycles. The second kappa shape index (κ2) is 18.3. The zero-order valence-corrected chi connectivity index (χ0v) is 39.1. The highest BCUT2D eigenvalue weighted by Crippen LogP contribution is 2.44. The van der Waals surface area contributed by atoms with E-state index in [0.29, 0.717) is 0 Å². The highest BCUT2D eigenvalue weighted by atomic mass is 15.2. The molecule has 0 aliphatic heterocycles. The number of rotatable bonds is 11. The Morgan fingerprint density at radius 2 is 0.643 bits per heavy atom. The van der Waals surface area contributed by atoms with Crippen LogP contribution in [0.25, 0.3) is 66.3 Å². The third-order valence-electron chi connectivity index (χ3n) is 13.9.